The Morgan fingerprint density at radius 3 is 2.21 bits per heavy atom. The molecule has 0 spiro atoms. The molecule has 0 aromatic heterocycles. The fraction of sp³-hybridized carbons (Fsp3) is 0.385. The second kappa shape index (κ2) is 6.25. The molecule has 0 aliphatic heterocycles. The molecule has 0 bridgehead atoms. The van der Waals surface area contributed by atoms with Gasteiger partial charge in [-0.1, -0.05) is 44.7 Å². The molecule has 1 heteroatoms. The van der Waals surface area contributed by atoms with E-state index in [2.05, 4.69) is 32.3 Å². The molecule has 1 nitrogen and oxygen atoms in total. The molecule has 0 rings (SSSR count). The van der Waals surface area contributed by atoms with Crippen LogP contribution in [0.15, 0.2) is 48.4 Å². The predicted molar refractivity (Wildman–Crippen MR) is 64.8 cm³/mol. The molecule has 0 aromatic carbocycles. The van der Waals surface area contributed by atoms with Crippen LogP contribution in [-0.2, 0) is 0 Å². The zero-order valence-electron chi connectivity index (χ0n) is 9.72. The summed E-state index contributed by atoms with van der Waals surface area (Å²) in [7, 11) is 0. The summed E-state index contributed by atoms with van der Waals surface area (Å²) in [6.07, 6.45) is 6.06. The van der Waals surface area contributed by atoms with Crippen LogP contribution in [0.3, 0.4) is 0 Å². The molecule has 0 unspecified atom stereocenters. The zero-order valence-corrected chi connectivity index (χ0v) is 9.72. The van der Waals surface area contributed by atoms with E-state index in [4.69, 9.17) is 0 Å². The van der Waals surface area contributed by atoms with Crippen LogP contribution < -0.4 is 5.32 Å². The molecule has 0 aliphatic rings. The summed E-state index contributed by atoms with van der Waals surface area (Å²) in [6, 6.07) is 0. The van der Waals surface area contributed by atoms with Crippen molar-refractivity contribution in [2.24, 2.45) is 5.92 Å². The third-order valence-corrected chi connectivity index (χ3v) is 1.81. The van der Waals surface area contributed by atoms with E-state index >= 15 is 0 Å². The maximum atomic E-state index is 3.96. The first-order valence-electron chi connectivity index (χ1n) is 4.89. The summed E-state index contributed by atoms with van der Waals surface area (Å²) in [5.74, 6) is 0.508. The van der Waals surface area contributed by atoms with Crippen molar-refractivity contribution in [3.05, 3.63) is 48.4 Å². The number of hydrogen-bond acceptors (Lipinski definition) is 1. The van der Waals surface area contributed by atoms with Gasteiger partial charge in [0.2, 0.25) is 0 Å². The van der Waals surface area contributed by atoms with Gasteiger partial charge in [0.05, 0.1) is 0 Å². The van der Waals surface area contributed by atoms with E-state index in [1.165, 1.54) is 0 Å². The van der Waals surface area contributed by atoms with Crippen molar-refractivity contribution in [3.8, 4) is 0 Å². The van der Waals surface area contributed by atoms with E-state index in [1.807, 2.05) is 32.1 Å². The van der Waals surface area contributed by atoms with Gasteiger partial charge < -0.3 is 5.32 Å². The van der Waals surface area contributed by atoms with Crippen molar-refractivity contribution in [2.45, 2.75) is 27.7 Å². The molecule has 78 valence electrons. The van der Waals surface area contributed by atoms with Crippen molar-refractivity contribution in [3.63, 3.8) is 0 Å². The Bertz CT molecular complexity index is 267. The molecule has 0 amide bonds. The minimum atomic E-state index is 0.508. The molecule has 0 aliphatic carbocycles. The van der Waals surface area contributed by atoms with Gasteiger partial charge in [0.15, 0.2) is 0 Å². The second-order valence-electron chi connectivity index (χ2n) is 3.84. The third-order valence-electron chi connectivity index (χ3n) is 1.81. The van der Waals surface area contributed by atoms with Crippen LogP contribution in [0.1, 0.15) is 27.7 Å². The molecular formula is C13H21N. The highest BCUT2D eigenvalue weighted by Crippen LogP contribution is 2.07. The Labute approximate surface area is 87.9 Å². The summed E-state index contributed by atoms with van der Waals surface area (Å²) in [5.41, 5.74) is 3.18. The van der Waals surface area contributed by atoms with Crippen molar-refractivity contribution in [2.75, 3.05) is 0 Å². The second-order valence-corrected chi connectivity index (χ2v) is 3.84. The first-order chi connectivity index (χ1) is 6.43. The lowest BCUT2D eigenvalue weighted by Crippen LogP contribution is -2.05. The van der Waals surface area contributed by atoms with Gasteiger partial charge in [-0.3, -0.25) is 0 Å². The first kappa shape index (κ1) is 12.8. The molecular weight excluding hydrogens is 170 g/mol. The Balaban J connectivity index is 4.14. The SMILES string of the molecule is C=C(C)N/C(C)=C/C=C\C(=C)C(C)C. The van der Waals surface area contributed by atoms with E-state index < -0.39 is 0 Å². The molecule has 0 heterocycles. The van der Waals surface area contributed by atoms with Gasteiger partial charge in [-0.2, -0.15) is 0 Å². The van der Waals surface area contributed by atoms with Gasteiger partial charge in [0.25, 0.3) is 0 Å². The summed E-state index contributed by atoms with van der Waals surface area (Å²) in [6.45, 7) is 15.9. The van der Waals surface area contributed by atoms with Crippen LogP contribution in [0.4, 0.5) is 0 Å². The van der Waals surface area contributed by atoms with E-state index in [-0.39, 0.29) is 0 Å². The van der Waals surface area contributed by atoms with Gasteiger partial charge in [-0.05, 0) is 25.8 Å². The van der Waals surface area contributed by atoms with Crippen molar-refractivity contribution >= 4 is 0 Å². The first-order valence-corrected chi connectivity index (χ1v) is 4.89. The number of hydrogen-bond donors (Lipinski definition) is 1. The lowest BCUT2D eigenvalue weighted by Gasteiger charge is -2.04. The molecule has 0 radical (unpaired) electrons. The smallest absolute Gasteiger partial charge is 0.0116 e. The van der Waals surface area contributed by atoms with Gasteiger partial charge >= 0.3 is 0 Å². The molecule has 0 fully saturated rings. The van der Waals surface area contributed by atoms with Crippen LogP contribution in [0.25, 0.3) is 0 Å². The van der Waals surface area contributed by atoms with Crippen LogP contribution >= 0.6 is 0 Å². The minimum Gasteiger partial charge on any atom is -0.363 e. The number of rotatable bonds is 5. The average molecular weight is 191 g/mol. The Morgan fingerprint density at radius 2 is 1.79 bits per heavy atom. The third kappa shape index (κ3) is 6.30. The summed E-state index contributed by atoms with van der Waals surface area (Å²) >= 11 is 0. The molecule has 0 atom stereocenters. The van der Waals surface area contributed by atoms with Crippen LogP contribution in [0.2, 0.25) is 0 Å². The normalized spacial score (nSPS) is 12.2. The van der Waals surface area contributed by atoms with Crippen molar-refractivity contribution < 1.29 is 0 Å². The monoisotopic (exact) mass is 191 g/mol. The average Bonchev–Trinajstić information content (AvgIpc) is 2.02. The van der Waals surface area contributed by atoms with E-state index in [9.17, 15) is 0 Å². The van der Waals surface area contributed by atoms with Gasteiger partial charge in [0.1, 0.15) is 0 Å². The largest absolute Gasteiger partial charge is 0.363 e. The lowest BCUT2D eigenvalue weighted by atomic mass is 10.1. The Morgan fingerprint density at radius 1 is 1.21 bits per heavy atom. The molecule has 1 N–H and O–H groups in total. The lowest BCUT2D eigenvalue weighted by molar-refractivity contribution is 0.795. The fourth-order valence-electron chi connectivity index (χ4n) is 0.887. The Kier molecular flexibility index (Phi) is 5.70. The standard InChI is InChI=1S/C13H21N/c1-10(2)12(5)8-7-9-13(6)14-11(3)4/h7-10,14H,3,5H2,1-2,4,6H3/b8-7-,13-9+. The van der Waals surface area contributed by atoms with E-state index in [1.54, 1.807) is 0 Å². The zero-order chi connectivity index (χ0) is 11.1. The van der Waals surface area contributed by atoms with Crippen LogP contribution in [0, 0.1) is 5.92 Å². The number of nitrogens with one attached hydrogen (secondary N) is 1. The summed E-state index contributed by atoms with van der Waals surface area (Å²) in [5, 5.41) is 3.13. The molecule has 0 saturated heterocycles. The summed E-state index contributed by atoms with van der Waals surface area (Å²) in [4.78, 5) is 0. The predicted octanol–water partition coefficient (Wildman–Crippen LogP) is 3.78. The maximum Gasteiger partial charge on any atom is 0.0116 e. The van der Waals surface area contributed by atoms with Crippen molar-refractivity contribution in [1.82, 2.24) is 5.32 Å². The van der Waals surface area contributed by atoms with Crippen LogP contribution in [0.5, 0.6) is 0 Å². The number of allylic oxidation sites excluding steroid dienone is 6. The topological polar surface area (TPSA) is 12.0 Å². The fourth-order valence-corrected chi connectivity index (χ4v) is 0.887. The van der Waals surface area contributed by atoms with Gasteiger partial charge in [0, 0.05) is 11.4 Å². The van der Waals surface area contributed by atoms with Crippen LogP contribution in [-0.4, -0.2) is 0 Å². The van der Waals surface area contributed by atoms with E-state index in [0.717, 1.165) is 17.0 Å². The summed E-state index contributed by atoms with van der Waals surface area (Å²) < 4.78 is 0. The van der Waals surface area contributed by atoms with Gasteiger partial charge in [-0.15, -0.1) is 0 Å². The highest BCUT2D eigenvalue weighted by molar-refractivity contribution is 5.22. The van der Waals surface area contributed by atoms with Gasteiger partial charge in [-0.25, -0.2) is 0 Å². The molecule has 0 aromatic rings. The minimum absolute atomic E-state index is 0.508. The highest BCUT2D eigenvalue weighted by Gasteiger charge is 1.92. The molecule has 14 heavy (non-hydrogen) atoms. The molecule has 0 saturated carbocycles. The Hall–Kier alpha value is -1.24. The quantitative estimate of drug-likeness (QED) is 0.652. The maximum absolute atomic E-state index is 3.96. The van der Waals surface area contributed by atoms with Crippen molar-refractivity contribution in [1.29, 1.82) is 0 Å². The van der Waals surface area contributed by atoms with E-state index in [0.29, 0.717) is 5.92 Å². The highest BCUT2D eigenvalue weighted by atomic mass is 14.9.